The lowest BCUT2D eigenvalue weighted by molar-refractivity contribution is -0.156. The van der Waals surface area contributed by atoms with E-state index in [9.17, 15) is 14.4 Å². The van der Waals surface area contributed by atoms with Crippen LogP contribution in [0.5, 0.6) is 0 Å². The maximum atomic E-state index is 11.7. The van der Waals surface area contributed by atoms with Gasteiger partial charge < -0.3 is 4.74 Å². The second-order valence-corrected chi connectivity index (χ2v) is 4.28. The predicted octanol–water partition coefficient (Wildman–Crippen LogP) is 1.42. The molecule has 0 aromatic rings. The van der Waals surface area contributed by atoms with Crippen LogP contribution in [-0.4, -0.2) is 35.3 Å². The van der Waals surface area contributed by atoms with Crippen LogP contribution in [0.3, 0.4) is 0 Å². The molecule has 1 atom stereocenters. The van der Waals surface area contributed by atoms with Gasteiger partial charge in [0, 0.05) is 12.2 Å². The molecule has 0 saturated carbocycles. The van der Waals surface area contributed by atoms with E-state index in [1.807, 2.05) is 0 Å². The number of carbonyl (C=O) groups is 3. The Morgan fingerprint density at radius 3 is 2.39 bits per heavy atom. The van der Waals surface area contributed by atoms with Crippen LogP contribution in [0.25, 0.3) is 0 Å². The molecule has 1 heterocycles. The van der Waals surface area contributed by atoms with Crippen LogP contribution in [0.2, 0.25) is 0 Å². The first-order valence-corrected chi connectivity index (χ1v) is 6.29. The molecule has 18 heavy (non-hydrogen) atoms. The topological polar surface area (TPSA) is 63.7 Å². The van der Waals surface area contributed by atoms with Crippen molar-refractivity contribution in [2.24, 2.45) is 0 Å². The largest absolute Gasteiger partial charge is 0.464 e. The number of amides is 2. The van der Waals surface area contributed by atoms with E-state index in [1.54, 1.807) is 0 Å². The van der Waals surface area contributed by atoms with E-state index >= 15 is 0 Å². The standard InChI is InChI=1S/C13H19NO4/c1-3-4-5-6-9-18-13(17)10(2)14-11(15)7-8-12(14)16/h7-8,10H,3-6,9H2,1-2H3. The van der Waals surface area contributed by atoms with Crippen molar-refractivity contribution in [2.75, 3.05) is 6.61 Å². The average molecular weight is 253 g/mol. The fourth-order valence-corrected chi connectivity index (χ4v) is 1.72. The molecular formula is C13H19NO4. The summed E-state index contributed by atoms with van der Waals surface area (Å²) in [6, 6.07) is -0.855. The fourth-order valence-electron chi connectivity index (χ4n) is 1.72. The Morgan fingerprint density at radius 1 is 1.22 bits per heavy atom. The summed E-state index contributed by atoms with van der Waals surface area (Å²) in [6.45, 7) is 3.94. The van der Waals surface area contributed by atoms with Gasteiger partial charge in [0.25, 0.3) is 11.8 Å². The molecule has 100 valence electrons. The first-order chi connectivity index (χ1) is 8.57. The van der Waals surface area contributed by atoms with E-state index in [-0.39, 0.29) is 0 Å². The minimum absolute atomic E-state index is 0.340. The maximum Gasteiger partial charge on any atom is 0.329 e. The monoisotopic (exact) mass is 253 g/mol. The number of unbranched alkanes of at least 4 members (excludes halogenated alkanes) is 3. The fraction of sp³-hybridized carbons (Fsp3) is 0.615. The van der Waals surface area contributed by atoms with E-state index < -0.39 is 23.8 Å². The average Bonchev–Trinajstić information content (AvgIpc) is 2.67. The highest BCUT2D eigenvalue weighted by atomic mass is 16.5. The molecule has 2 amide bonds. The van der Waals surface area contributed by atoms with Crippen molar-refractivity contribution in [3.63, 3.8) is 0 Å². The second kappa shape index (κ2) is 6.93. The van der Waals surface area contributed by atoms with Crippen LogP contribution in [0, 0.1) is 0 Å². The van der Waals surface area contributed by atoms with Crippen LogP contribution < -0.4 is 0 Å². The van der Waals surface area contributed by atoms with E-state index in [0.29, 0.717) is 6.61 Å². The van der Waals surface area contributed by atoms with Gasteiger partial charge in [-0.05, 0) is 13.3 Å². The molecule has 0 N–H and O–H groups in total. The molecule has 0 radical (unpaired) electrons. The third kappa shape index (κ3) is 3.68. The van der Waals surface area contributed by atoms with Crippen molar-refractivity contribution in [2.45, 2.75) is 45.6 Å². The summed E-state index contributed by atoms with van der Waals surface area (Å²) in [5.74, 6) is -1.46. The molecule has 0 saturated heterocycles. The van der Waals surface area contributed by atoms with Gasteiger partial charge in [0.05, 0.1) is 6.61 Å². The van der Waals surface area contributed by atoms with Crippen molar-refractivity contribution in [1.82, 2.24) is 4.90 Å². The zero-order valence-corrected chi connectivity index (χ0v) is 10.8. The van der Waals surface area contributed by atoms with Crippen LogP contribution in [0.1, 0.15) is 39.5 Å². The van der Waals surface area contributed by atoms with E-state index in [4.69, 9.17) is 4.74 Å². The van der Waals surface area contributed by atoms with Gasteiger partial charge in [-0.2, -0.15) is 0 Å². The third-order valence-corrected chi connectivity index (χ3v) is 2.81. The van der Waals surface area contributed by atoms with Gasteiger partial charge in [0.15, 0.2) is 0 Å². The van der Waals surface area contributed by atoms with Crippen LogP contribution in [-0.2, 0) is 19.1 Å². The minimum atomic E-state index is -0.855. The quantitative estimate of drug-likeness (QED) is 0.391. The normalized spacial score (nSPS) is 16.2. The zero-order chi connectivity index (χ0) is 13.5. The number of esters is 1. The lowest BCUT2D eigenvalue weighted by Gasteiger charge is -2.20. The van der Waals surface area contributed by atoms with Gasteiger partial charge in [-0.1, -0.05) is 26.2 Å². The Kier molecular flexibility index (Phi) is 5.55. The molecular weight excluding hydrogens is 234 g/mol. The van der Waals surface area contributed by atoms with Gasteiger partial charge in [0.1, 0.15) is 6.04 Å². The number of hydrogen-bond acceptors (Lipinski definition) is 4. The summed E-state index contributed by atoms with van der Waals surface area (Å²) in [6.07, 6.45) is 6.38. The van der Waals surface area contributed by atoms with Crippen molar-refractivity contribution in [3.05, 3.63) is 12.2 Å². The van der Waals surface area contributed by atoms with Gasteiger partial charge in [-0.15, -0.1) is 0 Å². The summed E-state index contributed by atoms with van der Waals surface area (Å²) in [4.78, 5) is 35.3. The highest BCUT2D eigenvalue weighted by molar-refractivity contribution is 6.14. The number of hydrogen-bond donors (Lipinski definition) is 0. The van der Waals surface area contributed by atoms with Crippen LogP contribution in [0.4, 0.5) is 0 Å². The zero-order valence-electron chi connectivity index (χ0n) is 10.8. The highest BCUT2D eigenvalue weighted by Gasteiger charge is 2.33. The summed E-state index contributed by atoms with van der Waals surface area (Å²) in [7, 11) is 0. The molecule has 1 aliphatic heterocycles. The molecule has 0 bridgehead atoms. The molecule has 1 unspecified atom stereocenters. The summed E-state index contributed by atoms with van der Waals surface area (Å²) < 4.78 is 5.05. The Labute approximate surface area is 107 Å². The number of ether oxygens (including phenoxy) is 1. The Hall–Kier alpha value is -1.65. The smallest absolute Gasteiger partial charge is 0.329 e. The predicted molar refractivity (Wildman–Crippen MR) is 65.6 cm³/mol. The van der Waals surface area contributed by atoms with Crippen molar-refractivity contribution in [3.8, 4) is 0 Å². The summed E-state index contributed by atoms with van der Waals surface area (Å²) in [5.41, 5.74) is 0. The van der Waals surface area contributed by atoms with Gasteiger partial charge in [0.2, 0.25) is 0 Å². The molecule has 0 spiro atoms. The number of carbonyl (C=O) groups excluding carboxylic acids is 3. The molecule has 1 rings (SSSR count). The van der Waals surface area contributed by atoms with Gasteiger partial charge in [-0.3, -0.25) is 14.5 Å². The molecule has 0 fully saturated rings. The van der Waals surface area contributed by atoms with Crippen molar-refractivity contribution in [1.29, 1.82) is 0 Å². The lowest BCUT2D eigenvalue weighted by atomic mass is 10.2. The highest BCUT2D eigenvalue weighted by Crippen LogP contribution is 2.10. The Balaban J connectivity index is 2.33. The van der Waals surface area contributed by atoms with E-state index in [1.165, 1.54) is 6.92 Å². The van der Waals surface area contributed by atoms with Crippen molar-refractivity contribution < 1.29 is 19.1 Å². The third-order valence-electron chi connectivity index (χ3n) is 2.81. The Morgan fingerprint density at radius 2 is 1.83 bits per heavy atom. The molecule has 5 heteroatoms. The first-order valence-electron chi connectivity index (χ1n) is 6.29. The Bertz CT molecular complexity index is 344. The summed E-state index contributed by atoms with van der Waals surface area (Å²) in [5, 5.41) is 0. The summed E-state index contributed by atoms with van der Waals surface area (Å²) >= 11 is 0. The molecule has 0 aromatic heterocycles. The molecule has 5 nitrogen and oxygen atoms in total. The van der Waals surface area contributed by atoms with Gasteiger partial charge in [-0.25, -0.2) is 4.79 Å². The molecule has 0 aromatic carbocycles. The molecule has 0 aliphatic carbocycles. The second-order valence-electron chi connectivity index (χ2n) is 4.28. The van der Waals surface area contributed by atoms with Crippen LogP contribution in [0.15, 0.2) is 12.2 Å². The number of nitrogens with zero attached hydrogens (tertiary/aromatic N) is 1. The van der Waals surface area contributed by atoms with Crippen molar-refractivity contribution >= 4 is 17.8 Å². The van der Waals surface area contributed by atoms with E-state index in [2.05, 4.69) is 6.92 Å². The minimum Gasteiger partial charge on any atom is -0.464 e. The number of imide groups is 1. The lowest BCUT2D eigenvalue weighted by Crippen LogP contribution is -2.43. The SMILES string of the molecule is CCCCCCOC(=O)C(C)N1C(=O)C=CC1=O. The van der Waals surface area contributed by atoms with Crippen LogP contribution >= 0.6 is 0 Å². The number of rotatable bonds is 7. The van der Waals surface area contributed by atoms with Gasteiger partial charge >= 0.3 is 5.97 Å². The maximum absolute atomic E-state index is 11.7. The first kappa shape index (κ1) is 14.4. The van der Waals surface area contributed by atoms with E-state index in [0.717, 1.165) is 42.7 Å². The molecule has 1 aliphatic rings.